The van der Waals surface area contributed by atoms with Gasteiger partial charge in [0.1, 0.15) is 0 Å². The molecule has 0 bridgehead atoms. The molecule has 0 unspecified atom stereocenters. The molecule has 0 spiro atoms. The molecule has 0 saturated carbocycles. The predicted molar refractivity (Wildman–Crippen MR) is 257 cm³/mol. The summed E-state index contributed by atoms with van der Waals surface area (Å²) < 4.78 is 4.90. The Morgan fingerprint density at radius 3 is 1.79 bits per heavy atom. The van der Waals surface area contributed by atoms with Crippen molar-refractivity contribution in [3.63, 3.8) is 0 Å². The minimum atomic E-state index is -0.420. The highest BCUT2D eigenvalue weighted by Crippen LogP contribution is 2.58. The van der Waals surface area contributed by atoms with E-state index < -0.39 is 5.41 Å². The number of nitrogens with zero attached hydrogens (tertiary/aromatic N) is 2. The zero-order chi connectivity index (χ0) is 40.1. The SMILES string of the molecule is c1ccc(C2(c3ccccc3)c3ccccc3-c3c(-c4ccc(-c5ccc(-c6cc7c8ccc9ccccc9c8sc7c7nc8ccccc8n67)cc5)cc4)cccc32)cc1. The topological polar surface area (TPSA) is 17.3 Å². The summed E-state index contributed by atoms with van der Waals surface area (Å²) in [6.45, 7) is 0. The van der Waals surface area contributed by atoms with Gasteiger partial charge in [0.2, 0.25) is 0 Å². The van der Waals surface area contributed by atoms with Crippen molar-refractivity contribution in [1.29, 1.82) is 0 Å². The maximum Gasteiger partial charge on any atom is 0.156 e. The Morgan fingerprint density at radius 2 is 1.02 bits per heavy atom. The van der Waals surface area contributed by atoms with Gasteiger partial charge in [0.25, 0.3) is 0 Å². The normalized spacial score (nSPS) is 13.0. The molecule has 0 atom stereocenters. The van der Waals surface area contributed by atoms with Gasteiger partial charge in [-0.25, -0.2) is 4.98 Å². The first-order chi connectivity index (χ1) is 30.3. The third kappa shape index (κ3) is 4.93. The quantitative estimate of drug-likeness (QED) is 0.170. The second-order valence-electron chi connectivity index (χ2n) is 16.2. The first-order valence-corrected chi connectivity index (χ1v) is 21.8. The van der Waals surface area contributed by atoms with E-state index in [1.807, 2.05) is 11.3 Å². The van der Waals surface area contributed by atoms with Crippen LogP contribution in [0.15, 0.2) is 218 Å². The summed E-state index contributed by atoms with van der Waals surface area (Å²) in [4.78, 5) is 5.25. The molecular formula is C58H36N2S. The van der Waals surface area contributed by atoms with Crippen LogP contribution in [0.2, 0.25) is 0 Å². The number of pyridine rings is 1. The summed E-state index contributed by atoms with van der Waals surface area (Å²) >= 11 is 1.86. The van der Waals surface area contributed by atoms with Crippen molar-refractivity contribution in [2.75, 3.05) is 0 Å². The fraction of sp³-hybridized carbons (Fsp3) is 0.0172. The number of aromatic nitrogens is 2. The lowest BCUT2D eigenvalue weighted by atomic mass is 9.67. The summed E-state index contributed by atoms with van der Waals surface area (Å²) in [5.74, 6) is 0. The first-order valence-electron chi connectivity index (χ1n) is 21.0. The molecule has 9 aromatic carbocycles. The minimum Gasteiger partial charge on any atom is -0.291 e. The molecule has 13 rings (SSSR count). The van der Waals surface area contributed by atoms with E-state index in [0.29, 0.717) is 0 Å². The van der Waals surface area contributed by atoms with E-state index in [2.05, 4.69) is 223 Å². The second-order valence-corrected chi connectivity index (χ2v) is 17.2. The summed E-state index contributed by atoms with van der Waals surface area (Å²) in [5, 5.41) is 5.09. The van der Waals surface area contributed by atoms with Crippen LogP contribution in [0.4, 0.5) is 0 Å². The number of rotatable bonds is 5. The monoisotopic (exact) mass is 792 g/mol. The van der Waals surface area contributed by atoms with Crippen molar-refractivity contribution in [3.8, 4) is 44.6 Å². The van der Waals surface area contributed by atoms with Gasteiger partial charge in [0.05, 0.1) is 26.8 Å². The van der Waals surface area contributed by atoms with E-state index in [0.717, 1.165) is 27.9 Å². The lowest BCUT2D eigenvalue weighted by Crippen LogP contribution is -2.28. The maximum atomic E-state index is 5.25. The summed E-state index contributed by atoms with van der Waals surface area (Å²) in [6.07, 6.45) is 0. The lowest BCUT2D eigenvalue weighted by molar-refractivity contribution is 0.768. The van der Waals surface area contributed by atoms with Crippen LogP contribution in [0.25, 0.3) is 92.3 Å². The molecule has 61 heavy (non-hydrogen) atoms. The van der Waals surface area contributed by atoms with Crippen molar-refractivity contribution in [3.05, 3.63) is 241 Å². The van der Waals surface area contributed by atoms with Gasteiger partial charge in [-0.1, -0.05) is 200 Å². The molecule has 0 radical (unpaired) electrons. The molecule has 2 nitrogen and oxygen atoms in total. The second kappa shape index (κ2) is 13.2. The Labute approximate surface area is 357 Å². The largest absolute Gasteiger partial charge is 0.291 e. The van der Waals surface area contributed by atoms with E-state index in [-0.39, 0.29) is 0 Å². The molecule has 0 amide bonds. The highest BCUT2D eigenvalue weighted by molar-refractivity contribution is 7.27. The van der Waals surface area contributed by atoms with Crippen molar-refractivity contribution >= 4 is 59.0 Å². The van der Waals surface area contributed by atoms with Gasteiger partial charge in [-0.05, 0) is 90.2 Å². The number of hydrogen-bond donors (Lipinski definition) is 0. The van der Waals surface area contributed by atoms with Gasteiger partial charge < -0.3 is 0 Å². The zero-order valence-corrected chi connectivity index (χ0v) is 33.9. The van der Waals surface area contributed by atoms with Gasteiger partial charge in [-0.2, -0.15) is 0 Å². The standard InChI is InChI=1S/C58H36N2S/c1-3-15-42(16-4-1)58(43-17-5-2-6-18-43)49-22-10-9-20-47(49)54-44(21-13-23-50(54)58)40-30-26-37(27-31-40)38-28-32-41(33-29-38)53-36-48-46-35-34-39-14-7-8-19-45(39)55(46)61-56(48)57-59-51-24-11-12-25-52(51)60(53)57/h1-36H. The van der Waals surface area contributed by atoms with Crippen LogP contribution in [0.5, 0.6) is 0 Å². The van der Waals surface area contributed by atoms with E-state index >= 15 is 0 Å². The van der Waals surface area contributed by atoms with Crippen LogP contribution in [0.3, 0.4) is 0 Å². The van der Waals surface area contributed by atoms with Crippen LogP contribution in [-0.4, -0.2) is 9.38 Å². The van der Waals surface area contributed by atoms with Gasteiger partial charge in [-0.3, -0.25) is 4.40 Å². The van der Waals surface area contributed by atoms with Crippen LogP contribution in [0, 0.1) is 0 Å². The van der Waals surface area contributed by atoms with Crippen molar-refractivity contribution in [1.82, 2.24) is 9.38 Å². The zero-order valence-electron chi connectivity index (χ0n) is 33.1. The van der Waals surface area contributed by atoms with Crippen LogP contribution < -0.4 is 0 Å². The Hall–Kier alpha value is -7.59. The molecule has 3 heteroatoms. The van der Waals surface area contributed by atoms with Gasteiger partial charge in [-0.15, -0.1) is 11.3 Å². The number of thiophene rings is 1. The smallest absolute Gasteiger partial charge is 0.156 e. The third-order valence-electron chi connectivity index (χ3n) is 13.1. The van der Waals surface area contributed by atoms with Crippen LogP contribution in [0.1, 0.15) is 22.3 Å². The molecule has 284 valence electrons. The Bertz CT molecular complexity index is 3630. The molecule has 0 aliphatic heterocycles. The highest BCUT2D eigenvalue weighted by Gasteiger charge is 2.46. The molecule has 0 saturated heterocycles. The van der Waals surface area contributed by atoms with E-state index in [4.69, 9.17) is 4.98 Å². The Morgan fingerprint density at radius 1 is 0.410 bits per heavy atom. The number of para-hydroxylation sites is 2. The van der Waals surface area contributed by atoms with Crippen molar-refractivity contribution in [2.24, 2.45) is 0 Å². The number of benzene rings is 9. The molecule has 3 heterocycles. The third-order valence-corrected chi connectivity index (χ3v) is 14.3. The predicted octanol–water partition coefficient (Wildman–Crippen LogP) is 15.4. The van der Waals surface area contributed by atoms with E-state index in [9.17, 15) is 0 Å². The molecule has 1 aliphatic rings. The van der Waals surface area contributed by atoms with Gasteiger partial charge in [0.15, 0.2) is 5.65 Å². The number of hydrogen-bond acceptors (Lipinski definition) is 2. The minimum absolute atomic E-state index is 0.420. The molecular weight excluding hydrogens is 757 g/mol. The maximum absolute atomic E-state index is 5.25. The van der Waals surface area contributed by atoms with Crippen molar-refractivity contribution in [2.45, 2.75) is 5.41 Å². The number of imidazole rings is 1. The van der Waals surface area contributed by atoms with Gasteiger partial charge >= 0.3 is 0 Å². The molecule has 3 aromatic heterocycles. The Balaban J connectivity index is 0.917. The average Bonchev–Trinajstić information content (AvgIpc) is 4.01. The Kier molecular flexibility index (Phi) is 7.42. The number of fused-ring (bicyclic) bond motifs is 12. The highest BCUT2D eigenvalue weighted by atomic mass is 32.1. The summed E-state index contributed by atoms with van der Waals surface area (Å²) in [7, 11) is 0. The average molecular weight is 793 g/mol. The molecule has 0 N–H and O–H groups in total. The summed E-state index contributed by atoms with van der Waals surface area (Å²) in [5.41, 5.74) is 17.7. The van der Waals surface area contributed by atoms with E-state index in [1.165, 1.54) is 86.6 Å². The van der Waals surface area contributed by atoms with Gasteiger partial charge in [0, 0.05) is 15.5 Å². The fourth-order valence-corrected chi connectivity index (χ4v) is 11.7. The lowest BCUT2D eigenvalue weighted by Gasteiger charge is -2.34. The molecule has 0 fully saturated rings. The summed E-state index contributed by atoms with van der Waals surface area (Å²) in [6, 6.07) is 80.3. The molecule has 12 aromatic rings. The first kappa shape index (κ1) is 34.3. The van der Waals surface area contributed by atoms with E-state index in [1.54, 1.807) is 0 Å². The fourth-order valence-electron chi connectivity index (χ4n) is 10.4. The molecule has 1 aliphatic carbocycles. The van der Waals surface area contributed by atoms with Crippen molar-refractivity contribution < 1.29 is 0 Å². The van der Waals surface area contributed by atoms with Crippen LogP contribution in [-0.2, 0) is 5.41 Å². The van der Waals surface area contributed by atoms with Crippen LogP contribution >= 0.6 is 11.3 Å².